The second-order valence-electron chi connectivity index (χ2n) is 5.38. The van der Waals surface area contributed by atoms with E-state index in [2.05, 4.69) is 4.90 Å². The molecule has 3 nitrogen and oxygen atoms in total. The fourth-order valence-corrected chi connectivity index (χ4v) is 3.41. The summed E-state index contributed by atoms with van der Waals surface area (Å²) in [5.41, 5.74) is 5.81. The molecule has 0 aromatic rings. The van der Waals surface area contributed by atoms with E-state index in [1.165, 1.54) is 64.2 Å². The summed E-state index contributed by atoms with van der Waals surface area (Å²) in [6.07, 6.45) is 13.0. The van der Waals surface area contributed by atoms with Crippen molar-refractivity contribution in [1.82, 2.24) is 4.90 Å². The molecule has 2 aliphatic rings. The van der Waals surface area contributed by atoms with Gasteiger partial charge in [-0.1, -0.05) is 38.5 Å². The zero-order valence-corrected chi connectivity index (χ0v) is 10.3. The second kappa shape index (κ2) is 5.55. The van der Waals surface area contributed by atoms with E-state index in [4.69, 9.17) is 11.1 Å². The van der Waals surface area contributed by atoms with Crippen molar-refractivity contribution in [3.63, 3.8) is 0 Å². The summed E-state index contributed by atoms with van der Waals surface area (Å²) in [5, 5.41) is 7.83. The number of hydrogen-bond acceptors (Lipinski definition) is 1. The van der Waals surface area contributed by atoms with Gasteiger partial charge in [0, 0.05) is 12.1 Å². The molecule has 0 radical (unpaired) electrons. The predicted molar refractivity (Wildman–Crippen MR) is 67.5 cm³/mol. The lowest BCUT2D eigenvalue weighted by atomic mass is 9.89. The number of hydrogen-bond donors (Lipinski definition) is 2. The SMILES string of the molecule is N=C(N)N(C1CCCCC1)C1CCCCC1. The summed E-state index contributed by atoms with van der Waals surface area (Å²) in [7, 11) is 0. The van der Waals surface area contributed by atoms with Crippen molar-refractivity contribution in [2.24, 2.45) is 5.73 Å². The van der Waals surface area contributed by atoms with E-state index >= 15 is 0 Å². The predicted octanol–water partition coefficient (Wildman–Crippen LogP) is 2.85. The van der Waals surface area contributed by atoms with E-state index in [0.717, 1.165) is 0 Å². The van der Waals surface area contributed by atoms with Gasteiger partial charge >= 0.3 is 0 Å². The van der Waals surface area contributed by atoms with Crippen molar-refractivity contribution < 1.29 is 0 Å². The molecule has 2 aliphatic carbocycles. The third kappa shape index (κ3) is 2.69. The van der Waals surface area contributed by atoms with Crippen molar-refractivity contribution in [3.05, 3.63) is 0 Å². The molecule has 2 rings (SSSR count). The van der Waals surface area contributed by atoms with Crippen LogP contribution in [0.3, 0.4) is 0 Å². The maximum absolute atomic E-state index is 7.83. The Morgan fingerprint density at radius 3 is 1.50 bits per heavy atom. The van der Waals surface area contributed by atoms with Gasteiger partial charge in [0.15, 0.2) is 5.96 Å². The first-order valence-corrected chi connectivity index (χ1v) is 6.91. The van der Waals surface area contributed by atoms with Gasteiger partial charge in [-0.15, -0.1) is 0 Å². The Morgan fingerprint density at radius 1 is 0.812 bits per heavy atom. The van der Waals surface area contributed by atoms with Gasteiger partial charge in [-0.2, -0.15) is 0 Å². The first-order valence-electron chi connectivity index (χ1n) is 6.91. The van der Waals surface area contributed by atoms with E-state index in [0.29, 0.717) is 18.0 Å². The van der Waals surface area contributed by atoms with Crippen molar-refractivity contribution >= 4 is 5.96 Å². The van der Waals surface area contributed by atoms with Crippen molar-refractivity contribution in [2.45, 2.75) is 76.3 Å². The van der Waals surface area contributed by atoms with Crippen molar-refractivity contribution in [2.75, 3.05) is 0 Å². The molecule has 0 spiro atoms. The molecule has 16 heavy (non-hydrogen) atoms. The molecule has 0 aromatic heterocycles. The summed E-state index contributed by atoms with van der Waals surface area (Å²) in [6.45, 7) is 0. The van der Waals surface area contributed by atoms with Crippen LogP contribution in [0.25, 0.3) is 0 Å². The van der Waals surface area contributed by atoms with Crippen LogP contribution >= 0.6 is 0 Å². The molecule has 92 valence electrons. The average molecular weight is 223 g/mol. The van der Waals surface area contributed by atoms with Crippen LogP contribution in [0.1, 0.15) is 64.2 Å². The minimum Gasteiger partial charge on any atom is -0.370 e. The zero-order chi connectivity index (χ0) is 11.4. The summed E-state index contributed by atoms with van der Waals surface area (Å²) in [5.74, 6) is 0.318. The minimum absolute atomic E-state index is 0.318. The topological polar surface area (TPSA) is 53.1 Å². The third-order valence-electron chi connectivity index (χ3n) is 4.21. The molecule has 0 aliphatic heterocycles. The highest BCUT2D eigenvalue weighted by molar-refractivity contribution is 5.75. The van der Waals surface area contributed by atoms with Crippen LogP contribution in [0, 0.1) is 5.41 Å². The largest absolute Gasteiger partial charge is 0.370 e. The lowest BCUT2D eigenvalue weighted by Crippen LogP contribution is -2.51. The highest BCUT2D eigenvalue weighted by Crippen LogP contribution is 2.29. The van der Waals surface area contributed by atoms with E-state index in [1.807, 2.05) is 0 Å². The Kier molecular flexibility index (Phi) is 4.08. The first kappa shape index (κ1) is 11.7. The fourth-order valence-electron chi connectivity index (χ4n) is 3.41. The quantitative estimate of drug-likeness (QED) is 0.558. The van der Waals surface area contributed by atoms with Gasteiger partial charge in [0.2, 0.25) is 0 Å². The Hall–Kier alpha value is -0.730. The summed E-state index contributed by atoms with van der Waals surface area (Å²) >= 11 is 0. The Morgan fingerprint density at radius 2 is 1.19 bits per heavy atom. The molecule has 3 heteroatoms. The van der Waals surface area contributed by atoms with Crippen molar-refractivity contribution in [3.8, 4) is 0 Å². The molecule has 0 bridgehead atoms. The Bertz CT molecular complexity index is 209. The van der Waals surface area contributed by atoms with Gasteiger partial charge in [0.1, 0.15) is 0 Å². The molecular weight excluding hydrogens is 198 g/mol. The molecule has 3 N–H and O–H groups in total. The number of nitrogens with one attached hydrogen (secondary N) is 1. The molecule has 0 atom stereocenters. The Balaban J connectivity index is 1.99. The number of nitrogens with zero attached hydrogens (tertiary/aromatic N) is 1. The molecule has 0 aromatic carbocycles. The molecule has 2 fully saturated rings. The molecular formula is C13H25N3. The molecule has 0 heterocycles. The normalized spacial score (nSPS) is 24.2. The molecule has 0 unspecified atom stereocenters. The van der Waals surface area contributed by atoms with E-state index in [1.54, 1.807) is 0 Å². The van der Waals surface area contributed by atoms with Crippen LogP contribution < -0.4 is 5.73 Å². The van der Waals surface area contributed by atoms with Crippen LogP contribution in [0.15, 0.2) is 0 Å². The summed E-state index contributed by atoms with van der Waals surface area (Å²) < 4.78 is 0. The van der Waals surface area contributed by atoms with Crippen LogP contribution in [0.2, 0.25) is 0 Å². The zero-order valence-electron chi connectivity index (χ0n) is 10.3. The highest BCUT2D eigenvalue weighted by atomic mass is 15.3. The van der Waals surface area contributed by atoms with Crippen LogP contribution in [0.4, 0.5) is 0 Å². The highest BCUT2D eigenvalue weighted by Gasteiger charge is 2.29. The van der Waals surface area contributed by atoms with Gasteiger partial charge in [-0.05, 0) is 25.7 Å². The molecule has 0 amide bonds. The molecule has 2 saturated carbocycles. The van der Waals surface area contributed by atoms with Crippen LogP contribution in [-0.2, 0) is 0 Å². The lowest BCUT2D eigenvalue weighted by Gasteiger charge is -2.42. The minimum atomic E-state index is 0.318. The Labute approximate surface area is 98.9 Å². The van der Waals surface area contributed by atoms with Gasteiger partial charge in [-0.3, -0.25) is 5.41 Å². The van der Waals surface area contributed by atoms with Crippen LogP contribution in [-0.4, -0.2) is 22.9 Å². The van der Waals surface area contributed by atoms with E-state index < -0.39 is 0 Å². The van der Waals surface area contributed by atoms with E-state index in [-0.39, 0.29) is 0 Å². The molecule has 0 saturated heterocycles. The smallest absolute Gasteiger partial charge is 0.188 e. The first-order chi connectivity index (χ1) is 7.79. The van der Waals surface area contributed by atoms with Crippen LogP contribution in [0.5, 0.6) is 0 Å². The maximum atomic E-state index is 7.83. The van der Waals surface area contributed by atoms with Gasteiger partial charge < -0.3 is 10.6 Å². The lowest BCUT2D eigenvalue weighted by molar-refractivity contribution is 0.155. The number of rotatable bonds is 2. The number of nitrogens with two attached hydrogens (primary N) is 1. The second-order valence-corrected chi connectivity index (χ2v) is 5.38. The fraction of sp³-hybridized carbons (Fsp3) is 0.923. The standard InChI is InChI=1S/C13H25N3/c14-13(15)16(11-7-3-1-4-8-11)12-9-5-2-6-10-12/h11-12H,1-10H2,(H3,14,15). The van der Waals surface area contributed by atoms with Crippen molar-refractivity contribution in [1.29, 1.82) is 5.41 Å². The third-order valence-corrected chi connectivity index (χ3v) is 4.21. The average Bonchev–Trinajstić information content (AvgIpc) is 2.31. The van der Waals surface area contributed by atoms with Gasteiger partial charge in [0.25, 0.3) is 0 Å². The number of guanidine groups is 1. The monoisotopic (exact) mass is 223 g/mol. The summed E-state index contributed by atoms with van der Waals surface area (Å²) in [4.78, 5) is 2.25. The summed E-state index contributed by atoms with van der Waals surface area (Å²) in [6, 6.07) is 1.13. The maximum Gasteiger partial charge on any atom is 0.188 e. The van der Waals surface area contributed by atoms with E-state index in [9.17, 15) is 0 Å². The van der Waals surface area contributed by atoms with Gasteiger partial charge in [-0.25, -0.2) is 0 Å². The van der Waals surface area contributed by atoms with Gasteiger partial charge in [0.05, 0.1) is 0 Å².